The molecule has 1 aromatic carbocycles. The molecular formula is C19H20Cl2N4S. The topological polar surface area (TPSA) is 56.7 Å². The minimum Gasteiger partial charge on any atom is -0.324 e. The van der Waals surface area contributed by atoms with E-state index in [4.69, 9.17) is 33.9 Å². The quantitative estimate of drug-likeness (QED) is 0.597. The van der Waals surface area contributed by atoms with E-state index in [9.17, 15) is 0 Å². The molecule has 2 aromatic heterocycles. The summed E-state index contributed by atoms with van der Waals surface area (Å²) in [6, 6.07) is 9.53. The van der Waals surface area contributed by atoms with Gasteiger partial charge in [0.05, 0.1) is 18.8 Å². The van der Waals surface area contributed by atoms with Crippen molar-refractivity contribution in [3.63, 3.8) is 0 Å². The van der Waals surface area contributed by atoms with Crippen molar-refractivity contribution in [2.75, 3.05) is 0 Å². The molecule has 0 spiro atoms. The lowest BCUT2D eigenvalue weighted by Gasteiger charge is -2.13. The van der Waals surface area contributed by atoms with Crippen LogP contribution in [-0.2, 0) is 13.1 Å². The van der Waals surface area contributed by atoms with Gasteiger partial charge < -0.3 is 10.3 Å². The fourth-order valence-electron chi connectivity index (χ4n) is 2.68. The SMILES string of the molecule is CC(C)c1nc(CN)n(Cc2cccnc2)c1Sc1cc(Cl)cc(Cl)c1. The molecule has 0 atom stereocenters. The smallest absolute Gasteiger partial charge is 0.124 e. The maximum absolute atomic E-state index is 6.17. The summed E-state index contributed by atoms with van der Waals surface area (Å²) in [6.45, 7) is 5.30. The first-order chi connectivity index (χ1) is 12.5. The van der Waals surface area contributed by atoms with Crippen molar-refractivity contribution >= 4 is 35.0 Å². The number of benzene rings is 1. The highest BCUT2D eigenvalue weighted by molar-refractivity contribution is 7.99. The third-order valence-corrected chi connectivity index (χ3v) is 5.40. The molecule has 0 bridgehead atoms. The van der Waals surface area contributed by atoms with Crippen LogP contribution in [0.5, 0.6) is 0 Å². The predicted molar refractivity (Wildman–Crippen MR) is 108 cm³/mol. The van der Waals surface area contributed by atoms with Crippen LogP contribution >= 0.6 is 35.0 Å². The number of rotatable bonds is 6. The molecule has 0 amide bonds. The number of aromatic nitrogens is 3. The van der Waals surface area contributed by atoms with Crippen LogP contribution in [0.2, 0.25) is 10.0 Å². The summed E-state index contributed by atoms with van der Waals surface area (Å²) in [6.07, 6.45) is 3.63. The van der Waals surface area contributed by atoms with E-state index in [2.05, 4.69) is 23.4 Å². The molecule has 0 fully saturated rings. The van der Waals surface area contributed by atoms with E-state index < -0.39 is 0 Å². The Bertz CT molecular complexity index is 874. The average Bonchev–Trinajstić information content (AvgIpc) is 2.93. The van der Waals surface area contributed by atoms with Gasteiger partial charge >= 0.3 is 0 Å². The first-order valence-corrected chi connectivity index (χ1v) is 9.87. The zero-order valence-electron chi connectivity index (χ0n) is 14.6. The Kier molecular flexibility index (Phi) is 6.24. The van der Waals surface area contributed by atoms with E-state index in [0.717, 1.165) is 27.0 Å². The van der Waals surface area contributed by atoms with Crippen molar-refractivity contribution in [2.45, 2.75) is 42.8 Å². The molecule has 0 aliphatic carbocycles. The molecule has 3 aromatic rings. The van der Waals surface area contributed by atoms with Crippen molar-refractivity contribution in [1.82, 2.24) is 14.5 Å². The minimum absolute atomic E-state index is 0.271. The normalized spacial score (nSPS) is 11.3. The Morgan fingerprint density at radius 2 is 1.92 bits per heavy atom. The number of hydrogen-bond donors (Lipinski definition) is 1. The molecule has 26 heavy (non-hydrogen) atoms. The predicted octanol–water partition coefficient (Wildman–Crippen LogP) is 5.37. The van der Waals surface area contributed by atoms with Crippen molar-refractivity contribution in [3.8, 4) is 0 Å². The molecule has 4 nitrogen and oxygen atoms in total. The molecule has 0 unspecified atom stereocenters. The van der Waals surface area contributed by atoms with Crippen LogP contribution in [0.3, 0.4) is 0 Å². The van der Waals surface area contributed by atoms with Gasteiger partial charge in [0.25, 0.3) is 0 Å². The Morgan fingerprint density at radius 1 is 1.19 bits per heavy atom. The van der Waals surface area contributed by atoms with Gasteiger partial charge in [0.1, 0.15) is 10.9 Å². The summed E-state index contributed by atoms with van der Waals surface area (Å²) in [4.78, 5) is 9.98. The summed E-state index contributed by atoms with van der Waals surface area (Å²) in [5.74, 6) is 1.13. The van der Waals surface area contributed by atoms with E-state index >= 15 is 0 Å². The number of pyridine rings is 1. The molecule has 2 N–H and O–H groups in total. The minimum atomic E-state index is 0.271. The molecule has 0 saturated carbocycles. The fourth-order valence-corrected chi connectivity index (χ4v) is 4.59. The van der Waals surface area contributed by atoms with Crippen molar-refractivity contribution < 1.29 is 0 Å². The molecule has 136 valence electrons. The van der Waals surface area contributed by atoms with Gasteiger partial charge in [-0.2, -0.15) is 0 Å². The Labute approximate surface area is 167 Å². The molecule has 0 aliphatic rings. The second kappa shape index (κ2) is 8.44. The summed E-state index contributed by atoms with van der Waals surface area (Å²) in [7, 11) is 0. The number of hydrogen-bond acceptors (Lipinski definition) is 4. The van der Waals surface area contributed by atoms with Crippen LogP contribution in [-0.4, -0.2) is 14.5 Å². The van der Waals surface area contributed by atoms with Crippen LogP contribution in [0.4, 0.5) is 0 Å². The van der Waals surface area contributed by atoms with Crippen LogP contribution in [0, 0.1) is 0 Å². The van der Waals surface area contributed by atoms with E-state index in [-0.39, 0.29) is 5.92 Å². The van der Waals surface area contributed by atoms with Gasteiger partial charge in [0, 0.05) is 27.3 Å². The Hall–Kier alpha value is -1.53. The van der Waals surface area contributed by atoms with Crippen LogP contribution < -0.4 is 5.73 Å². The molecule has 3 rings (SSSR count). The monoisotopic (exact) mass is 406 g/mol. The second-order valence-electron chi connectivity index (χ2n) is 6.23. The van der Waals surface area contributed by atoms with Gasteiger partial charge in [0.2, 0.25) is 0 Å². The zero-order valence-corrected chi connectivity index (χ0v) is 16.9. The Balaban J connectivity index is 2.07. The fraction of sp³-hybridized carbons (Fsp3) is 0.263. The molecular weight excluding hydrogens is 387 g/mol. The zero-order chi connectivity index (χ0) is 18.7. The van der Waals surface area contributed by atoms with Crippen molar-refractivity contribution in [1.29, 1.82) is 0 Å². The van der Waals surface area contributed by atoms with Crippen molar-refractivity contribution in [2.24, 2.45) is 5.73 Å². The lowest BCUT2D eigenvalue weighted by molar-refractivity contribution is 0.667. The Morgan fingerprint density at radius 3 is 2.50 bits per heavy atom. The summed E-state index contributed by atoms with van der Waals surface area (Å²) >= 11 is 14.0. The number of nitrogens with two attached hydrogens (primary N) is 1. The maximum atomic E-state index is 6.17. The largest absolute Gasteiger partial charge is 0.324 e. The van der Waals surface area contributed by atoms with Gasteiger partial charge in [-0.25, -0.2) is 4.98 Å². The highest BCUT2D eigenvalue weighted by atomic mass is 35.5. The molecule has 0 saturated heterocycles. The molecule has 2 heterocycles. The van der Waals surface area contributed by atoms with Gasteiger partial charge in [-0.15, -0.1) is 0 Å². The second-order valence-corrected chi connectivity index (χ2v) is 8.17. The maximum Gasteiger partial charge on any atom is 0.124 e. The van der Waals surface area contributed by atoms with Gasteiger partial charge in [-0.05, 0) is 35.7 Å². The number of nitrogens with zero attached hydrogens (tertiary/aromatic N) is 3. The van der Waals surface area contributed by atoms with E-state index in [0.29, 0.717) is 23.1 Å². The van der Waals surface area contributed by atoms with Gasteiger partial charge in [0.15, 0.2) is 0 Å². The molecule has 0 radical (unpaired) electrons. The number of halogens is 2. The van der Waals surface area contributed by atoms with Gasteiger partial charge in [-0.3, -0.25) is 4.98 Å². The third-order valence-electron chi connectivity index (χ3n) is 3.87. The van der Waals surface area contributed by atoms with Gasteiger partial charge in [-0.1, -0.05) is 54.9 Å². The van der Waals surface area contributed by atoms with E-state index in [1.54, 1.807) is 24.0 Å². The first kappa shape index (κ1) is 19.2. The lowest BCUT2D eigenvalue weighted by Crippen LogP contribution is -2.10. The standard InChI is InChI=1S/C19H20Cl2N4S/c1-12(2)18-19(26-16-7-14(20)6-15(21)8-16)25(17(9-22)24-18)11-13-4-3-5-23-10-13/h3-8,10,12H,9,11,22H2,1-2H3. The van der Waals surface area contributed by atoms with Crippen molar-refractivity contribution in [3.05, 3.63) is 69.9 Å². The number of imidazole rings is 1. The van der Waals surface area contributed by atoms with Crippen LogP contribution in [0.25, 0.3) is 0 Å². The molecule has 0 aliphatic heterocycles. The van der Waals surface area contributed by atoms with E-state index in [1.165, 1.54) is 0 Å². The van der Waals surface area contributed by atoms with Crippen LogP contribution in [0.1, 0.15) is 36.8 Å². The highest BCUT2D eigenvalue weighted by Gasteiger charge is 2.20. The summed E-state index contributed by atoms with van der Waals surface area (Å²) in [5.41, 5.74) is 8.10. The van der Waals surface area contributed by atoms with Crippen LogP contribution in [0.15, 0.2) is 52.6 Å². The summed E-state index contributed by atoms with van der Waals surface area (Å²) < 4.78 is 2.16. The average molecular weight is 407 g/mol. The summed E-state index contributed by atoms with van der Waals surface area (Å²) in [5, 5.41) is 2.29. The lowest BCUT2D eigenvalue weighted by atomic mass is 10.1. The highest BCUT2D eigenvalue weighted by Crippen LogP contribution is 2.37. The molecule has 7 heteroatoms. The van der Waals surface area contributed by atoms with E-state index in [1.807, 2.05) is 30.5 Å². The third kappa shape index (κ3) is 4.41. The first-order valence-electron chi connectivity index (χ1n) is 8.30.